The number of ether oxygens (including phenoxy) is 1. The maximum absolute atomic E-state index is 13.2. The van der Waals surface area contributed by atoms with Gasteiger partial charge in [-0.3, -0.25) is 0 Å². The molecule has 2 rings (SSSR count). The largest absolute Gasteiger partial charge is 0.483 e. The summed E-state index contributed by atoms with van der Waals surface area (Å²) in [4.78, 5) is 0. The predicted molar refractivity (Wildman–Crippen MR) is 71.0 cm³/mol. The first-order chi connectivity index (χ1) is 9.69. The van der Waals surface area contributed by atoms with Crippen LogP contribution in [-0.4, -0.2) is 29.5 Å². The van der Waals surface area contributed by atoms with Gasteiger partial charge in [-0.1, -0.05) is 0 Å². The number of rotatable bonds is 7. The summed E-state index contributed by atoms with van der Waals surface area (Å²) in [7, 11) is 0. The fourth-order valence-electron chi connectivity index (χ4n) is 1.60. The van der Waals surface area contributed by atoms with Crippen molar-refractivity contribution in [2.75, 3.05) is 18.5 Å². The molecule has 0 saturated carbocycles. The van der Waals surface area contributed by atoms with Crippen molar-refractivity contribution in [3.63, 3.8) is 0 Å². The van der Waals surface area contributed by atoms with E-state index in [4.69, 9.17) is 14.3 Å². The minimum absolute atomic E-state index is 0.0943. The number of benzene rings is 1. The van der Waals surface area contributed by atoms with Gasteiger partial charge in [-0.15, -0.1) is 0 Å². The zero-order chi connectivity index (χ0) is 14.4. The van der Waals surface area contributed by atoms with E-state index in [2.05, 4.69) is 5.32 Å². The van der Waals surface area contributed by atoms with Gasteiger partial charge < -0.3 is 24.7 Å². The Bertz CT molecular complexity index is 530. The second-order valence-corrected chi connectivity index (χ2v) is 4.23. The van der Waals surface area contributed by atoms with E-state index >= 15 is 0 Å². The average molecular weight is 281 g/mol. The molecule has 0 fully saturated rings. The van der Waals surface area contributed by atoms with Crippen LogP contribution >= 0.6 is 0 Å². The minimum Gasteiger partial charge on any atom is -0.483 e. The summed E-state index contributed by atoms with van der Waals surface area (Å²) in [6.45, 7) is -0.0577. The van der Waals surface area contributed by atoms with Gasteiger partial charge in [0.1, 0.15) is 23.9 Å². The van der Waals surface area contributed by atoms with Crippen molar-refractivity contribution in [1.29, 1.82) is 0 Å². The Morgan fingerprint density at radius 3 is 2.90 bits per heavy atom. The third-order valence-corrected chi connectivity index (χ3v) is 2.63. The number of aliphatic hydroxyl groups excluding tert-OH is 2. The summed E-state index contributed by atoms with van der Waals surface area (Å²) in [5, 5.41) is 20.9. The lowest BCUT2D eigenvalue weighted by molar-refractivity contribution is 0.105. The molecule has 0 radical (unpaired) electrons. The maximum Gasteiger partial charge on any atom is 0.146 e. The van der Waals surface area contributed by atoms with Crippen LogP contribution in [0.25, 0.3) is 0 Å². The molecule has 0 aliphatic rings. The van der Waals surface area contributed by atoms with Gasteiger partial charge in [0.25, 0.3) is 0 Å². The van der Waals surface area contributed by atoms with Gasteiger partial charge in [-0.05, 0) is 24.3 Å². The van der Waals surface area contributed by atoms with Crippen LogP contribution in [0.3, 0.4) is 0 Å². The Labute approximate surface area is 115 Å². The zero-order valence-corrected chi connectivity index (χ0v) is 10.8. The molecule has 1 atom stereocenters. The topological polar surface area (TPSA) is 74.9 Å². The number of halogens is 1. The molecule has 0 amide bonds. The molecule has 1 aromatic carbocycles. The molecule has 0 spiro atoms. The Morgan fingerprint density at radius 1 is 1.35 bits per heavy atom. The third-order valence-electron chi connectivity index (χ3n) is 2.63. The van der Waals surface area contributed by atoms with Gasteiger partial charge in [0.2, 0.25) is 0 Å². The third kappa shape index (κ3) is 3.97. The van der Waals surface area contributed by atoms with Gasteiger partial charge in [0.15, 0.2) is 0 Å². The van der Waals surface area contributed by atoms with Gasteiger partial charge in [-0.2, -0.15) is 0 Å². The quantitative estimate of drug-likeness (QED) is 0.721. The predicted octanol–water partition coefficient (Wildman–Crippen LogP) is 1.76. The molecular formula is C14H16FNO4. The summed E-state index contributed by atoms with van der Waals surface area (Å²) >= 11 is 0. The number of hydrogen-bond acceptors (Lipinski definition) is 5. The first kappa shape index (κ1) is 14.4. The number of hydrogen-bond donors (Lipinski definition) is 3. The van der Waals surface area contributed by atoms with Crippen molar-refractivity contribution < 1.29 is 23.8 Å². The second-order valence-electron chi connectivity index (χ2n) is 4.23. The van der Waals surface area contributed by atoms with Crippen molar-refractivity contribution >= 4 is 5.69 Å². The Morgan fingerprint density at radius 2 is 2.20 bits per heavy atom. The summed E-state index contributed by atoms with van der Waals surface area (Å²) in [6, 6.07) is 7.56. The molecule has 1 aromatic heterocycles. The van der Waals surface area contributed by atoms with Crippen molar-refractivity contribution in [2.24, 2.45) is 0 Å². The summed E-state index contributed by atoms with van der Waals surface area (Å²) in [5.74, 6) is 0.667. The van der Waals surface area contributed by atoms with E-state index in [-0.39, 0.29) is 19.8 Å². The summed E-state index contributed by atoms with van der Waals surface area (Å²) in [6.07, 6.45) is 0.622. The Kier molecular flexibility index (Phi) is 4.97. The first-order valence-corrected chi connectivity index (χ1v) is 6.16. The molecule has 20 heavy (non-hydrogen) atoms. The van der Waals surface area contributed by atoms with Crippen molar-refractivity contribution in [3.8, 4) is 5.75 Å². The van der Waals surface area contributed by atoms with Crippen molar-refractivity contribution in [1.82, 2.24) is 0 Å². The van der Waals surface area contributed by atoms with E-state index in [0.29, 0.717) is 17.2 Å². The first-order valence-electron chi connectivity index (χ1n) is 6.16. The fourth-order valence-corrected chi connectivity index (χ4v) is 1.60. The Hall–Kier alpha value is -2.05. The molecular weight excluding hydrogens is 265 g/mol. The van der Waals surface area contributed by atoms with Gasteiger partial charge >= 0.3 is 0 Å². The lowest BCUT2D eigenvalue weighted by Gasteiger charge is -2.14. The number of aliphatic hydroxyl groups is 2. The van der Waals surface area contributed by atoms with Crippen LogP contribution in [0.15, 0.2) is 41.0 Å². The Balaban J connectivity index is 2.03. The highest BCUT2D eigenvalue weighted by atomic mass is 19.1. The highest BCUT2D eigenvalue weighted by molar-refractivity contribution is 5.56. The molecule has 2 aromatic rings. The molecule has 108 valence electrons. The molecule has 0 bridgehead atoms. The summed E-state index contributed by atoms with van der Waals surface area (Å²) in [5.41, 5.74) is 0.407. The number of furan rings is 1. The summed E-state index contributed by atoms with van der Waals surface area (Å²) < 4.78 is 23.9. The van der Waals surface area contributed by atoms with Crippen LogP contribution in [0.2, 0.25) is 0 Å². The van der Waals surface area contributed by atoms with Crippen LogP contribution < -0.4 is 10.1 Å². The van der Waals surface area contributed by atoms with E-state index in [1.807, 2.05) is 0 Å². The lowest BCUT2D eigenvalue weighted by atomic mass is 10.2. The lowest BCUT2D eigenvalue weighted by Crippen LogP contribution is -2.23. The highest BCUT2D eigenvalue weighted by Gasteiger charge is 2.09. The number of anilines is 1. The number of nitrogens with one attached hydrogen (secondary N) is 1. The van der Waals surface area contributed by atoms with E-state index in [1.165, 1.54) is 18.2 Å². The monoisotopic (exact) mass is 281 g/mol. The fraction of sp³-hybridized carbons (Fsp3) is 0.286. The molecule has 3 N–H and O–H groups in total. The molecule has 6 heteroatoms. The van der Waals surface area contributed by atoms with Crippen LogP contribution in [0, 0.1) is 5.82 Å². The van der Waals surface area contributed by atoms with Crippen LogP contribution in [0.5, 0.6) is 5.75 Å². The highest BCUT2D eigenvalue weighted by Crippen LogP contribution is 2.26. The molecule has 1 unspecified atom stereocenters. The molecule has 0 aliphatic heterocycles. The average Bonchev–Trinajstić information content (AvgIpc) is 2.97. The molecule has 0 saturated heterocycles. The van der Waals surface area contributed by atoms with Gasteiger partial charge in [0.05, 0.1) is 24.7 Å². The van der Waals surface area contributed by atoms with E-state index in [9.17, 15) is 9.50 Å². The normalized spacial score (nSPS) is 12.2. The van der Waals surface area contributed by atoms with Crippen molar-refractivity contribution in [2.45, 2.75) is 12.7 Å². The van der Waals surface area contributed by atoms with Gasteiger partial charge in [0, 0.05) is 12.6 Å². The van der Waals surface area contributed by atoms with E-state index in [1.54, 1.807) is 18.4 Å². The smallest absolute Gasteiger partial charge is 0.146 e. The van der Waals surface area contributed by atoms with Crippen LogP contribution in [0.1, 0.15) is 5.76 Å². The molecule has 0 aliphatic carbocycles. The van der Waals surface area contributed by atoms with Gasteiger partial charge in [-0.25, -0.2) is 4.39 Å². The SMILES string of the molecule is OCC(O)CNc1cc(F)ccc1OCc1ccco1. The molecule has 5 nitrogen and oxygen atoms in total. The van der Waals surface area contributed by atoms with Crippen LogP contribution in [-0.2, 0) is 6.61 Å². The maximum atomic E-state index is 13.2. The standard InChI is InChI=1S/C14H16FNO4/c15-10-3-4-14(20-9-12-2-1-5-19-12)13(6-10)16-7-11(18)8-17/h1-6,11,16-18H,7-9H2. The van der Waals surface area contributed by atoms with Crippen molar-refractivity contribution in [3.05, 3.63) is 48.2 Å². The molecule has 1 heterocycles. The zero-order valence-electron chi connectivity index (χ0n) is 10.8. The second kappa shape index (κ2) is 6.93. The van der Waals surface area contributed by atoms with E-state index < -0.39 is 11.9 Å². The van der Waals surface area contributed by atoms with Crippen LogP contribution in [0.4, 0.5) is 10.1 Å². The van der Waals surface area contributed by atoms with E-state index in [0.717, 1.165) is 0 Å². The minimum atomic E-state index is -0.920.